The summed E-state index contributed by atoms with van der Waals surface area (Å²) in [5.41, 5.74) is 0.264. The number of alkyl halides is 3. The van der Waals surface area contributed by atoms with Crippen molar-refractivity contribution < 1.29 is 27.5 Å². The first-order valence-electron chi connectivity index (χ1n) is 7.83. The van der Waals surface area contributed by atoms with Gasteiger partial charge in [0.15, 0.2) is 0 Å². The number of likely N-dealkylation sites (N-methyl/N-ethyl adjacent to an activating group) is 1. The monoisotopic (exact) mass is 357 g/mol. The van der Waals surface area contributed by atoms with Crippen LogP contribution in [0.1, 0.15) is 12.5 Å². The molecule has 0 unspecified atom stereocenters. The van der Waals surface area contributed by atoms with Gasteiger partial charge in [-0.3, -0.25) is 4.79 Å². The zero-order valence-electron chi connectivity index (χ0n) is 13.8. The molecule has 6 nitrogen and oxygen atoms in total. The zero-order chi connectivity index (χ0) is 18.4. The fourth-order valence-corrected chi connectivity index (χ4v) is 3.41. The quantitative estimate of drug-likeness (QED) is 0.832. The summed E-state index contributed by atoms with van der Waals surface area (Å²) in [4.78, 5) is 29.2. The van der Waals surface area contributed by atoms with Crippen LogP contribution in [0.4, 0.5) is 18.0 Å². The first-order valence-corrected chi connectivity index (χ1v) is 7.83. The van der Waals surface area contributed by atoms with Crippen LogP contribution >= 0.6 is 0 Å². The minimum Gasteiger partial charge on any atom is -0.405 e. The molecule has 2 saturated heterocycles. The number of hydrogen-bond acceptors (Lipinski definition) is 3. The van der Waals surface area contributed by atoms with Crippen molar-refractivity contribution >= 4 is 11.9 Å². The second-order valence-electron chi connectivity index (χ2n) is 6.27. The van der Waals surface area contributed by atoms with Crippen LogP contribution in [0, 0.1) is 0 Å². The zero-order valence-corrected chi connectivity index (χ0v) is 13.8. The number of para-hydroxylation sites is 1. The fourth-order valence-electron chi connectivity index (χ4n) is 3.41. The van der Waals surface area contributed by atoms with Crippen molar-refractivity contribution in [2.45, 2.75) is 31.9 Å². The van der Waals surface area contributed by atoms with Crippen molar-refractivity contribution in [1.82, 2.24) is 14.7 Å². The molecule has 0 saturated carbocycles. The largest absolute Gasteiger partial charge is 0.573 e. The van der Waals surface area contributed by atoms with E-state index in [1.54, 1.807) is 24.9 Å². The maximum atomic E-state index is 12.6. The summed E-state index contributed by atoms with van der Waals surface area (Å²) in [5, 5.41) is 0. The van der Waals surface area contributed by atoms with E-state index in [-0.39, 0.29) is 35.8 Å². The van der Waals surface area contributed by atoms with Crippen LogP contribution in [0.25, 0.3) is 0 Å². The highest BCUT2D eigenvalue weighted by atomic mass is 19.4. The summed E-state index contributed by atoms with van der Waals surface area (Å²) < 4.78 is 41.6. The van der Waals surface area contributed by atoms with Crippen molar-refractivity contribution in [1.29, 1.82) is 0 Å². The highest BCUT2D eigenvalue weighted by Gasteiger charge is 2.46. The molecular formula is C16H18F3N3O3. The normalized spacial score (nSPS) is 24.0. The van der Waals surface area contributed by atoms with E-state index in [2.05, 4.69) is 4.74 Å². The van der Waals surface area contributed by atoms with E-state index in [0.717, 1.165) is 0 Å². The fraction of sp³-hybridized carbons (Fsp3) is 0.500. The number of rotatable bonds is 3. The van der Waals surface area contributed by atoms with Crippen LogP contribution in [0.3, 0.4) is 0 Å². The van der Waals surface area contributed by atoms with Gasteiger partial charge in [0.25, 0.3) is 0 Å². The number of carbonyl (C=O) groups excluding carboxylic acids is 2. The van der Waals surface area contributed by atoms with Crippen LogP contribution < -0.4 is 4.74 Å². The molecule has 2 heterocycles. The Kier molecular flexibility index (Phi) is 4.26. The van der Waals surface area contributed by atoms with Gasteiger partial charge < -0.3 is 19.4 Å². The van der Waals surface area contributed by atoms with E-state index in [9.17, 15) is 22.8 Å². The van der Waals surface area contributed by atoms with Gasteiger partial charge in [-0.15, -0.1) is 13.2 Å². The molecule has 2 aliphatic rings. The van der Waals surface area contributed by atoms with Crippen molar-refractivity contribution in [2.24, 2.45) is 0 Å². The Balaban J connectivity index is 1.79. The van der Waals surface area contributed by atoms with Crippen LogP contribution in [-0.2, 0) is 11.3 Å². The standard InChI is InChI=1S/C16H18F3N3O3/c1-10-14(23)20(2)8-12-9-21(15(24)22(10)12)7-11-5-3-4-6-13(11)25-16(17,18)19/h3-6,10,12H,7-9H2,1-2H3/t10-,12+/m0/s1. The summed E-state index contributed by atoms with van der Waals surface area (Å²) in [5.74, 6) is -0.471. The van der Waals surface area contributed by atoms with E-state index in [1.807, 2.05) is 0 Å². The van der Waals surface area contributed by atoms with Crippen molar-refractivity contribution in [3.05, 3.63) is 29.8 Å². The predicted molar refractivity (Wildman–Crippen MR) is 81.7 cm³/mol. The number of hydrogen-bond donors (Lipinski definition) is 0. The maximum Gasteiger partial charge on any atom is 0.573 e. The van der Waals surface area contributed by atoms with Crippen molar-refractivity contribution in [3.8, 4) is 5.75 Å². The lowest BCUT2D eigenvalue weighted by molar-refractivity contribution is -0.275. The minimum absolute atomic E-state index is 0.0112. The summed E-state index contributed by atoms with van der Waals surface area (Å²) >= 11 is 0. The highest BCUT2D eigenvalue weighted by molar-refractivity contribution is 5.89. The van der Waals surface area contributed by atoms with Gasteiger partial charge in [-0.25, -0.2) is 4.79 Å². The summed E-state index contributed by atoms with van der Waals surface area (Å²) in [7, 11) is 1.68. The molecule has 1 aromatic carbocycles. The predicted octanol–water partition coefficient (Wildman–Crippen LogP) is 2.05. The molecule has 0 aliphatic carbocycles. The molecule has 1 aromatic rings. The van der Waals surface area contributed by atoms with Gasteiger partial charge >= 0.3 is 12.4 Å². The topological polar surface area (TPSA) is 53.1 Å². The number of piperazine rings is 1. The summed E-state index contributed by atoms with van der Waals surface area (Å²) in [6.45, 7) is 2.41. The average molecular weight is 357 g/mol. The van der Waals surface area contributed by atoms with Gasteiger partial charge in [0.1, 0.15) is 11.8 Å². The number of nitrogens with zero attached hydrogens (tertiary/aromatic N) is 3. The van der Waals surface area contributed by atoms with Crippen LogP contribution in [0.2, 0.25) is 0 Å². The van der Waals surface area contributed by atoms with E-state index >= 15 is 0 Å². The number of benzene rings is 1. The number of halogens is 3. The lowest BCUT2D eigenvalue weighted by Gasteiger charge is -2.38. The van der Waals surface area contributed by atoms with Gasteiger partial charge in [-0.1, -0.05) is 18.2 Å². The molecular weight excluding hydrogens is 339 g/mol. The number of urea groups is 1. The van der Waals surface area contributed by atoms with Gasteiger partial charge in [0, 0.05) is 25.7 Å². The molecule has 2 fully saturated rings. The molecule has 9 heteroatoms. The van der Waals surface area contributed by atoms with E-state index in [4.69, 9.17) is 0 Å². The van der Waals surface area contributed by atoms with E-state index in [1.165, 1.54) is 28.0 Å². The molecule has 3 amide bonds. The lowest BCUT2D eigenvalue weighted by Crippen LogP contribution is -2.58. The van der Waals surface area contributed by atoms with Crippen molar-refractivity contribution in [3.63, 3.8) is 0 Å². The molecule has 0 N–H and O–H groups in total. The molecule has 0 spiro atoms. The van der Waals surface area contributed by atoms with Gasteiger partial charge in [0.2, 0.25) is 5.91 Å². The summed E-state index contributed by atoms with van der Waals surface area (Å²) in [6.07, 6.45) is -4.80. The molecule has 0 bridgehead atoms. The van der Waals surface area contributed by atoms with Gasteiger partial charge in [-0.05, 0) is 13.0 Å². The van der Waals surface area contributed by atoms with Crippen LogP contribution in [-0.4, -0.2) is 65.2 Å². The van der Waals surface area contributed by atoms with E-state index < -0.39 is 12.4 Å². The Morgan fingerprint density at radius 3 is 2.56 bits per heavy atom. The van der Waals surface area contributed by atoms with Crippen LogP contribution in [0.15, 0.2) is 24.3 Å². The third-order valence-corrected chi connectivity index (χ3v) is 4.51. The molecule has 0 radical (unpaired) electrons. The van der Waals surface area contributed by atoms with Gasteiger partial charge in [-0.2, -0.15) is 0 Å². The Hall–Kier alpha value is -2.45. The molecule has 3 rings (SSSR count). The Labute approximate surface area is 142 Å². The molecule has 0 aromatic heterocycles. The SMILES string of the molecule is C[C@H]1C(=O)N(C)C[C@@H]2CN(Cc3ccccc3OC(F)(F)F)C(=O)N21. The van der Waals surface area contributed by atoms with E-state index in [0.29, 0.717) is 13.1 Å². The second-order valence-corrected chi connectivity index (χ2v) is 6.27. The average Bonchev–Trinajstić information content (AvgIpc) is 2.81. The first-order chi connectivity index (χ1) is 11.7. The molecule has 136 valence electrons. The summed E-state index contributed by atoms with van der Waals surface area (Å²) in [6, 6.07) is 4.65. The Bertz CT molecular complexity index is 695. The minimum atomic E-state index is -4.80. The maximum absolute atomic E-state index is 12.6. The molecule has 2 atom stereocenters. The lowest BCUT2D eigenvalue weighted by atomic mass is 10.1. The number of fused-ring (bicyclic) bond motifs is 1. The molecule has 25 heavy (non-hydrogen) atoms. The first kappa shape index (κ1) is 17.4. The highest BCUT2D eigenvalue weighted by Crippen LogP contribution is 2.30. The number of carbonyl (C=O) groups is 2. The third kappa shape index (κ3) is 3.35. The number of ether oxygens (including phenoxy) is 1. The van der Waals surface area contributed by atoms with Crippen LogP contribution in [0.5, 0.6) is 5.75 Å². The van der Waals surface area contributed by atoms with Gasteiger partial charge in [0.05, 0.1) is 12.6 Å². The Morgan fingerprint density at radius 2 is 1.88 bits per heavy atom. The van der Waals surface area contributed by atoms with Crippen molar-refractivity contribution in [2.75, 3.05) is 20.1 Å². The molecule has 2 aliphatic heterocycles. The smallest absolute Gasteiger partial charge is 0.405 e. The second kappa shape index (κ2) is 6.12. The third-order valence-electron chi connectivity index (χ3n) is 4.51. The Morgan fingerprint density at radius 1 is 1.20 bits per heavy atom. The number of amides is 3.